The average molecular weight is 359 g/mol. The van der Waals surface area contributed by atoms with E-state index >= 15 is 0 Å². The average Bonchev–Trinajstić information content (AvgIpc) is 2.68. The number of carbonyl (C=O) groups excluding carboxylic acids is 1. The summed E-state index contributed by atoms with van der Waals surface area (Å²) in [6, 6.07) is 10.3. The van der Waals surface area contributed by atoms with Gasteiger partial charge < -0.3 is 19.6 Å². The zero-order valence-corrected chi connectivity index (χ0v) is 14.7. The highest BCUT2D eigenvalue weighted by atomic mass is 16.5. The van der Waals surface area contributed by atoms with Crippen molar-refractivity contribution in [1.82, 2.24) is 14.7 Å². The van der Waals surface area contributed by atoms with E-state index in [1.165, 1.54) is 22.8 Å². The Bertz CT molecular complexity index is 814. The summed E-state index contributed by atoms with van der Waals surface area (Å²) in [6.45, 7) is 3.51. The lowest BCUT2D eigenvalue weighted by Crippen LogP contribution is -3.15. The van der Waals surface area contributed by atoms with Crippen LogP contribution in [0.3, 0.4) is 0 Å². The number of aliphatic hydroxyl groups excluding tert-OH is 1. The quantitative estimate of drug-likeness (QED) is 0.684. The van der Waals surface area contributed by atoms with Crippen molar-refractivity contribution in [3.63, 3.8) is 0 Å². The lowest BCUT2D eigenvalue weighted by Gasteiger charge is -2.31. The number of ether oxygens (including phenoxy) is 1. The highest BCUT2D eigenvalue weighted by molar-refractivity contribution is 5.94. The van der Waals surface area contributed by atoms with Crippen molar-refractivity contribution in [2.45, 2.75) is 0 Å². The minimum atomic E-state index is -0.359. The Morgan fingerprint density at radius 1 is 1.27 bits per heavy atom. The minimum Gasteiger partial charge on any atom is -0.494 e. The standard InChI is InChI=1S/C18H22N4O4/c1-26-15-13-16(24)22(14-5-3-2-4-6-14)19-17(15)18(25)21-9-7-20(8-10-21)11-12-23/h2-6,13,23H,7-12H2,1H3/p+1. The number of para-hydroxylation sites is 1. The minimum absolute atomic E-state index is 0.126. The summed E-state index contributed by atoms with van der Waals surface area (Å²) in [4.78, 5) is 28.3. The molecule has 1 aliphatic heterocycles. The van der Waals surface area contributed by atoms with Gasteiger partial charge in [0.15, 0.2) is 11.4 Å². The second-order valence-electron chi connectivity index (χ2n) is 6.16. The van der Waals surface area contributed by atoms with Crippen LogP contribution in [-0.2, 0) is 0 Å². The fourth-order valence-electron chi connectivity index (χ4n) is 3.08. The molecule has 1 saturated heterocycles. The SMILES string of the molecule is COc1cc(=O)n(-c2ccccc2)nc1C(=O)N1CC[NH+](CCO)CC1. The van der Waals surface area contributed by atoms with Crippen molar-refractivity contribution in [3.8, 4) is 11.4 Å². The van der Waals surface area contributed by atoms with E-state index in [1.807, 2.05) is 6.07 Å². The molecule has 1 amide bonds. The third-order valence-electron chi connectivity index (χ3n) is 4.54. The Morgan fingerprint density at radius 3 is 2.58 bits per heavy atom. The van der Waals surface area contributed by atoms with Gasteiger partial charge in [0.05, 0.1) is 51.6 Å². The van der Waals surface area contributed by atoms with Crippen LogP contribution in [0.2, 0.25) is 0 Å². The molecule has 0 aliphatic carbocycles. The molecule has 26 heavy (non-hydrogen) atoms. The van der Waals surface area contributed by atoms with Crippen LogP contribution < -0.4 is 15.2 Å². The van der Waals surface area contributed by atoms with E-state index in [0.717, 1.165) is 13.1 Å². The zero-order valence-electron chi connectivity index (χ0n) is 14.7. The first kappa shape index (κ1) is 18.1. The zero-order chi connectivity index (χ0) is 18.5. The summed E-state index contributed by atoms with van der Waals surface area (Å²) in [5.74, 6) is -0.0769. The number of rotatable bonds is 5. The molecule has 1 aromatic carbocycles. The Balaban J connectivity index is 1.89. The van der Waals surface area contributed by atoms with Gasteiger partial charge in [-0.05, 0) is 12.1 Å². The molecule has 2 aromatic rings. The van der Waals surface area contributed by atoms with Gasteiger partial charge in [0.25, 0.3) is 11.5 Å². The number of methoxy groups -OCH3 is 1. The predicted octanol–water partition coefficient (Wildman–Crippen LogP) is -1.43. The van der Waals surface area contributed by atoms with E-state index in [0.29, 0.717) is 25.3 Å². The molecule has 8 heteroatoms. The summed E-state index contributed by atoms with van der Waals surface area (Å²) in [7, 11) is 1.42. The molecule has 0 atom stereocenters. The largest absolute Gasteiger partial charge is 0.494 e. The van der Waals surface area contributed by atoms with Crippen molar-refractivity contribution < 1.29 is 19.5 Å². The molecule has 138 valence electrons. The van der Waals surface area contributed by atoms with E-state index in [2.05, 4.69) is 5.10 Å². The Morgan fingerprint density at radius 2 is 1.96 bits per heavy atom. The van der Waals surface area contributed by atoms with Crippen LogP contribution in [0.1, 0.15) is 10.5 Å². The molecule has 2 N–H and O–H groups in total. The predicted molar refractivity (Wildman–Crippen MR) is 94.9 cm³/mol. The monoisotopic (exact) mass is 359 g/mol. The molecular formula is C18H23N4O4+. The van der Waals surface area contributed by atoms with Crippen molar-refractivity contribution in [2.24, 2.45) is 0 Å². The molecule has 2 heterocycles. The highest BCUT2D eigenvalue weighted by Gasteiger charge is 2.28. The van der Waals surface area contributed by atoms with Crippen LogP contribution in [0.4, 0.5) is 0 Å². The molecule has 1 aliphatic rings. The summed E-state index contributed by atoms with van der Waals surface area (Å²) >= 11 is 0. The highest BCUT2D eigenvalue weighted by Crippen LogP contribution is 2.16. The molecule has 3 rings (SSSR count). The molecular weight excluding hydrogens is 336 g/mol. The van der Waals surface area contributed by atoms with Crippen LogP contribution in [0.5, 0.6) is 5.75 Å². The smallest absolute Gasteiger partial charge is 0.278 e. The lowest BCUT2D eigenvalue weighted by atomic mass is 10.2. The fraction of sp³-hybridized carbons (Fsp3) is 0.389. The normalized spacial score (nSPS) is 15.1. The number of nitrogens with zero attached hydrogens (tertiary/aromatic N) is 3. The van der Waals surface area contributed by atoms with E-state index in [4.69, 9.17) is 9.84 Å². The first-order chi connectivity index (χ1) is 12.6. The number of piperazine rings is 1. The van der Waals surface area contributed by atoms with Crippen molar-refractivity contribution in [3.05, 3.63) is 52.4 Å². The van der Waals surface area contributed by atoms with E-state index in [-0.39, 0.29) is 29.5 Å². The number of hydrogen-bond donors (Lipinski definition) is 2. The third-order valence-corrected chi connectivity index (χ3v) is 4.54. The van der Waals surface area contributed by atoms with E-state index < -0.39 is 0 Å². The molecule has 0 unspecified atom stereocenters. The molecule has 1 aromatic heterocycles. The number of amides is 1. The molecule has 1 fully saturated rings. The maximum absolute atomic E-state index is 12.9. The maximum atomic E-state index is 12.9. The van der Waals surface area contributed by atoms with Crippen LogP contribution in [0.25, 0.3) is 5.69 Å². The van der Waals surface area contributed by atoms with Crippen LogP contribution in [0, 0.1) is 0 Å². The third kappa shape index (κ3) is 3.76. The van der Waals surface area contributed by atoms with Crippen molar-refractivity contribution in [1.29, 1.82) is 0 Å². The number of aliphatic hydroxyl groups is 1. The van der Waals surface area contributed by atoms with Crippen LogP contribution in [-0.4, -0.2) is 72.1 Å². The summed E-state index contributed by atoms with van der Waals surface area (Å²) in [6.07, 6.45) is 0. The molecule has 0 saturated carbocycles. The lowest BCUT2D eigenvalue weighted by molar-refractivity contribution is -0.904. The second kappa shape index (κ2) is 8.11. The summed E-state index contributed by atoms with van der Waals surface area (Å²) in [5.41, 5.74) is 0.356. The second-order valence-corrected chi connectivity index (χ2v) is 6.16. The summed E-state index contributed by atoms with van der Waals surface area (Å²) < 4.78 is 6.44. The first-order valence-electron chi connectivity index (χ1n) is 8.61. The van der Waals surface area contributed by atoms with Gasteiger partial charge in [-0.25, -0.2) is 0 Å². The van der Waals surface area contributed by atoms with Crippen molar-refractivity contribution in [2.75, 3.05) is 46.4 Å². The van der Waals surface area contributed by atoms with E-state index in [1.54, 1.807) is 29.2 Å². The van der Waals surface area contributed by atoms with Gasteiger partial charge in [0.2, 0.25) is 0 Å². The Kier molecular flexibility index (Phi) is 5.65. The van der Waals surface area contributed by atoms with Gasteiger partial charge in [-0.2, -0.15) is 9.78 Å². The molecule has 8 nitrogen and oxygen atoms in total. The van der Waals surface area contributed by atoms with Gasteiger partial charge in [0.1, 0.15) is 6.54 Å². The van der Waals surface area contributed by atoms with Gasteiger partial charge in [-0.15, -0.1) is 0 Å². The molecule has 0 radical (unpaired) electrons. The number of aromatic nitrogens is 2. The van der Waals surface area contributed by atoms with Crippen LogP contribution >= 0.6 is 0 Å². The molecule has 0 spiro atoms. The number of benzene rings is 1. The van der Waals surface area contributed by atoms with Gasteiger partial charge in [0, 0.05) is 0 Å². The number of carbonyl (C=O) groups is 1. The van der Waals surface area contributed by atoms with Crippen LogP contribution in [0.15, 0.2) is 41.2 Å². The molecule has 0 bridgehead atoms. The van der Waals surface area contributed by atoms with E-state index in [9.17, 15) is 9.59 Å². The maximum Gasteiger partial charge on any atom is 0.278 e. The number of quaternary nitrogens is 1. The van der Waals surface area contributed by atoms with Gasteiger partial charge in [-0.1, -0.05) is 18.2 Å². The first-order valence-corrected chi connectivity index (χ1v) is 8.61. The Labute approximate surface area is 151 Å². The van der Waals surface area contributed by atoms with Gasteiger partial charge >= 0.3 is 0 Å². The number of nitrogens with one attached hydrogen (secondary N) is 1. The topological polar surface area (TPSA) is 89.1 Å². The fourth-order valence-corrected chi connectivity index (χ4v) is 3.08. The number of hydrogen-bond acceptors (Lipinski definition) is 5. The van der Waals surface area contributed by atoms with Gasteiger partial charge in [-0.3, -0.25) is 9.59 Å². The van der Waals surface area contributed by atoms with Crippen molar-refractivity contribution >= 4 is 5.91 Å². The summed E-state index contributed by atoms with van der Waals surface area (Å²) in [5, 5.41) is 13.3. The Hall–Kier alpha value is -2.71.